The number of para-hydroxylation sites is 1. The molecular weight excluding hydrogens is 327 g/mol. The molecule has 0 unspecified atom stereocenters. The van der Waals surface area contributed by atoms with Gasteiger partial charge in [-0.25, -0.2) is 4.39 Å². The van der Waals surface area contributed by atoms with E-state index >= 15 is 0 Å². The first kappa shape index (κ1) is 14.3. The lowest BCUT2D eigenvalue weighted by Crippen LogP contribution is -2.14. The van der Waals surface area contributed by atoms with Crippen LogP contribution in [0.2, 0.25) is 0 Å². The highest BCUT2D eigenvalue weighted by Gasteiger charge is 2.08. The molecular formula is C14H12BrFN2O2. The van der Waals surface area contributed by atoms with Crippen LogP contribution in [0.5, 0.6) is 5.75 Å². The molecule has 0 aliphatic carbocycles. The molecule has 0 bridgehead atoms. The van der Waals surface area contributed by atoms with Gasteiger partial charge in [0, 0.05) is 4.47 Å². The monoisotopic (exact) mass is 338 g/mol. The molecule has 2 aromatic carbocycles. The molecule has 3 N–H and O–H groups in total. The van der Waals surface area contributed by atoms with E-state index in [1.807, 2.05) is 0 Å². The van der Waals surface area contributed by atoms with Crippen LogP contribution in [0.25, 0.3) is 0 Å². The van der Waals surface area contributed by atoms with Gasteiger partial charge in [0.25, 0.3) is 0 Å². The van der Waals surface area contributed by atoms with Gasteiger partial charge in [0.2, 0.25) is 0 Å². The van der Waals surface area contributed by atoms with Crippen LogP contribution in [-0.2, 0) is 6.61 Å². The summed E-state index contributed by atoms with van der Waals surface area (Å²) in [5.41, 5.74) is 6.71. The number of hydrogen-bond donors (Lipinski definition) is 2. The van der Waals surface area contributed by atoms with Crippen molar-refractivity contribution in [1.82, 2.24) is 0 Å². The van der Waals surface area contributed by atoms with Crippen LogP contribution >= 0.6 is 15.9 Å². The molecule has 0 saturated carbocycles. The summed E-state index contributed by atoms with van der Waals surface area (Å²) in [4.78, 5) is 0. The van der Waals surface area contributed by atoms with Gasteiger partial charge in [0.1, 0.15) is 18.2 Å². The van der Waals surface area contributed by atoms with Crippen LogP contribution in [0.3, 0.4) is 0 Å². The van der Waals surface area contributed by atoms with E-state index < -0.39 is 0 Å². The third-order valence-corrected chi connectivity index (χ3v) is 3.05. The number of oxime groups is 1. The largest absolute Gasteiger partial charge is 0.488 e. The summed E-state index contributed by atoms with van der Waals surface area (Å²) >= 11 is 3.22. The third-order valence-electron chi connectivity index (χ3n) is 2.59. The van der Waals surface area contributed by atoms with Gasteiger partial charge in [-0.3, -0.25) is 0 Å². The van der Waals surface area contributed by atoms with Crippen LogP contribution in [0.1, 0.15) is 11.1 Å². The lowest BCUT2D eigenvalue weighted by Gasteiger charge is -2.10. The quantitative estimate of drug-likeness (QED) is 0.389. The first-order valence-electron chi connectivity index (χ1n) is 5.75. The maximum absolute atomic E-state index is 13.3. The van der Waals surface area contributed by atoms with Crippen molar-refractivity contribution in [2.45, 2.75) is 6.61 Å². The van der Waals surface area contributed by atoms with Crippen molar-refractivity contribution in [2.24, 2.45) is 10.9 Å². The Morgan fingerprint density at radius 3 is 2.75 bits per heavy atom. The second-order valence-electron chi connectivity index (χ2n) is 4.05. The number of nitrogens with two attached hydrogens (primary N) is 1. The molecule has 0 radical (unpaired) electrons. The maximum atomic E-state index is 13.3. The fraction of sp³-hybridized carbons (Fsp3) is 0.0714. The Labute approximate surface area is 123 Å². The average molecular weight is 339 g/mol. The zero-order valence-electron chi connectivity index (χ0n) is 10.4. The Morgan fingerprint density at radius 2 is 2.05 bits per heavy atom. The minimum Gasteiger partial charge on any atom is -0.488 e. The van der Waals surface area contributed by atoms with Crippen molar-refractivity contribution in [2.75, 3.05) is 0 Å². The zero-order chi connectivity index (χ0) is 14.5. The van der Waals surface area contributed by atoms with Crippen LogP contribution in [0, 0.1) is 5.82 Å². The second kappa shape index (κ2) is 6.38. The van der Waals surface area contributed by atoms with E-state index in [4.69, 9.17) is 15.7 Å². The molecule has 0 heterocycles. The Morgan fingerprint density at radius 1 is 1.30 bits per heavy atom. The molecule has 0 aliphatic rings. The fourth-order valence-corrected chi connectivity index (χ4v) is 2.23. The van der Waals surface area contributed by atoms with Crippen molar-refractivity contribution in [1.29, 1.82) is 0 Å². The number of rotatable bonds is 4. The highest BCUT2D eigenvalue weighted by atomic mass is 79.9. The highest BCUT2D eigenvalue weighted by Crippen LogP contribution is 2.21. The molecule has 0 aromatic heterocycles. The fourth-order valence-electron chi connectivity index (χ4n) is 1.71. The van der Waals surface area contributed by atoms with Gasteiger partial charge < -0.3 is 15.7 Å². The van der Waals surface area contributed by atoms with Crippen LogP contribution in [0.15, 0.2) is 52.1 Å². The van der Waals surface area contributed by atoms with Gasteiger partial charge in [0.05, 0.1) is 5.56 Å². The summed E-state index contributed by atoms with van der Waals surface area (Å²) in [6, 6.07) is 11.4. The van der Waals surface area contributed by atoms with E-state index in [1.165, 1.54) is 12.1 Å². The molecule has 0 amide bonds. The number of halogens is 2. The van der Waals surface area contributed by atoms with Crippen molar-refractivity contribution in [3.8, 4) is 5.75 Å². The average Bonchev–Trinajstić information content (AvgIpc) is 2.43. The third kappa shape index (κ3) is 3.48. The lowest BCUT2D eigenvalue weighted by molar-refractivity contribution is 0.302. The van der Waals surface area contributed by atoms with E-state index in [1.54, 1.807) is 30.3 Å². The van der Waals surface area contributed by atoms with E-state index in [2.05, 4.69) is 21.1 Å². The second-order valence-corrected chi connectivity index (χ2v) is 4.96. The molecule has 4 nitrogen and oxygen atoms in total. The molecule has 0 fully saturated rings. The smallest absolute Gasteiger partial charge is 0.173 e. The van der Waals surface area contributed by atoms with Gasteiger partial charge in [-0.1, -0.05) is 33.2 Å². The van der Waals surface area contributed by atoms with Crippen molar-refractivity contribution in [3.63, 3.8) is 0 Å². The predicted molar refractivity (Wildman–Crippen MR) is 77.4 cm³/mol. The van der Waals surface area contributed by atoms with Gasteiger partial charge in [-0.15, -0.1) is 0 Å². The van der Waals surface area contributed by atoms with E-state index in [0.29, 0.717) is 21.3 Å². The molecule has 0 aliphatic heterocycles. The SMILES string of the molecule is NC(=NO)c1ccccc1OCc1cc(F)cc(Br)c1. The normalized spacial score (nSPS) is 11.4. The Bertz CT molecular complexity index is 627. The predicted octanol–water partition coefficient (Wildman–Crippen LogP) is 3.26. The minimum absolute atomic E-state index is 0.0407. The lowest BCUT2D eigenvalue weighted by atomic mass is 10.2. The van der Waals surface area contributed by atoms with Gasteiger partial charge in [-0.05, 0) is 35.9 Å². The standard InChI is InChI=1S/C14H12BrFN2O2/c15-10-5-9(6-11(16)7-10)8-20-13-4-2-1-3-12(13)14(17)18-19/h1-7,19H,8H2,(H2,17,18). The summed E-state index contributed by atoms with van der Waals surface area (Å²) in [5.74, 6) is 0.0758. The van der Waals surface area contributed by atoms with Crippen LogP contribution < -0.4 is 10.5 Å². The molecule has 104 valence electrons. The Hall–Kier alpha value is -2.08. The summed E-state index contributed by atoms with van der Waals surface area (Å²) in [7, 11) is 0. The van der Waals surface area contributed by atoms with E-state index in [0.717, 1.165) is 0 Å². The summed E-state index contributed by atoms with van der Waals surface area (Å²) in [5, 5.41) is 11.7. The first-order valence-corrected chi connectivity index (χ1v) is 6.54. The molecule has 0 atom stereocenters. The van der Waals surface area contributed by atoms with Crippen LogP contribution in [-0.4, -0.2) is 11.0 Å². The summed E-state index contributed by atoms with van der Waals surface area (Å²) in [6.07, 6.45) is 0. The summed E-state index contributed by atoms with van der Waals surface area (Å²) < 4.78 is 19.5. The number of ether oxygens (including phenoxy) is 1. The molecule has 20 heavy (non-hydrogen) atoms. The van der Waals surface area contributed by atoms with E-state index in [-0.39, 0.29) is 18.3 Å². The highest BCUT2D eigenvalue weighted by molar-refractivity contribution is 9.10. The zero-order valence-corrected chi connectivity index (χ0v) is 12.0. The minimum atomic E-state index is -0.345. The van der Waals surface area contributed by atoms with Gasteiger partial charge in [0.15, 0.2) is 5.84 Å². The Balaban J connectivity index is 2.19. The van der Waals surface area contributed by atoms with Crippen molar-refractivity contribution < 1.29 is 14.3 Å². The number of nitrogens with zero attached hydrogens (tertiary/aromatic N) is 1. The number of amidine groups is 1. The maximum Gasteiger partial charge on any atom is 0.173 e. The first-order chi connectivity index (χ1) is 9.60. The van der Waals surface area contributed by atoms with Crippen LogP contribution in [0.4, 0.5) is 4.39 Å². The van der Waals surface area contributed by atoms with Gasteiger partial charge in [-0.2, -0.15) is 0 Å². The Kier molecular flexibility index (Phi) is 4.57. The number of hydrogen-bond acceptors (Lipinski definition) is 3. The summed E-state index contributed by atoms with van der Waals surface area (Å²) in [6.45, 7) is 0.173. The van der Waals surface area contributed by atoms with Crippen molar-refractivity contribution in [3.05, 3.63) is 63.9 Å². The molecule has 2 aromatic rings. The molecule has 6 heteroatoms. The van der Waals surface area contributed by atoms with Gasteiger partial charge >= 0.3 is 0 Å². The number of benzene rings is 2. The van der Waals surface area contributed by atoms with E-state index in [9.17, 15) is 4.39 Å². The topological polar surface area (TPSA) is 67.8 Å². The molecule has 0 spiro atoms. The molecule has 0 saturated heterocycles. The van der Waals surface area contributed by atoms with Crippen molar-refractivity contribution >= 4 is 21.8 Å². The molecule has 2 rings (SSSR count).